The van der Waals surface area contributed by atoms with Crippen LogP contribution in [0.5, 0.6) is 5.75 Å². The van der Waals surface area contributed by atoms with E-state index in [1.54, 1.807) is 12.1 Å². The molecule has 0 aliphatic carbocycles. The Morgan fingerprint density at radius 3 is 2.58 bits per heavy atom. The summed E-state index contributed by atoms with van der Waals surface area (Å²) in [6.07, 6.45) is 0.0650. The van der Waals surface area contributed by atoms with Crippen molar-refractivity contribution in [3.63, 3.8) is 0 Å². The first-order valence-corrected chi connectivity index (χ1v) is 4.19. The number of ether oxygens (including phenoxy) is 1. The Bertz CT molecular complexity index is 273. The van der Waals surface area contributed by atoms with E-state index in [1.807, 2.05) is 13.8 Å². The summed E-state index contributed by atoms with van der Waals surface area (Å²) in [4.78, 5) is 0.339. The van der Waals surface area contributed by atoms with Gasteiger partial charge in [-0.25, -0.2) is 4.39 Å². The summed E-state index contributed by atoms with van der Waals surface area (Å²) in [6, 6.07) is 4.61. The summed E-state index contributed by atoms with van der Waals surface area (Å²) in [5, 5.41) is 0. The summed E-state index contributed by atoms with van der Waals surface area (Å²) in [5.74, 6) is 0.191. The van der Waals surface area contributed by atoms with Crippen molar-refractivity contribution >= 4 is 12.6 Å². The first kappa shape index (κ1) is 9.39. The predicted octanol–water partition coefficient (Wildman–Crippen LogP) is 2.90. The summed E-state index contributed by atoms with van der Waals surface area (Å²) in [5.41, 5.74) is 0. The van der Waals surface area contributed by atoms with E-state index in [0.717, 1.165) is 0 Å². The highest BCUT2D eigenvalue weighted by atomic mass is 32.1. The summed E-state index contributed by atoms with van der Waals surface area (Å²) < 4.78 is 18.1. The lowest BCUT2D eigenvalue weighted by Gasteiger charge is -2.09. The molecule has 1 rings (SSSR count). The fourth-order valence-electron chi connectivity index (χ4n) is 0.833. The third-order valence-corrected chi connectivity index (χ3v) is 1.65. The van der Waals surface area contributed by atoms with Crippen LogP contribution >= 0.6 is 12.6 Å². The predicted molar refractivity (Wildman–Crippen MR) is 49.4 cm³/mol. The minimum Gasteiger partial charge on any atom is -0.491 e. The molecule has 12 heavy (non-hydrogen) atoms. The molecule has 0 saturated carbocycles. The van der Waals surface area contributed by atoms with Crippen LogP contribution in [-0.2, 0) is 0 Å². The number of rotatable bonds is 2. The minimum atomic E-state index is -0.350. The average molecular weight is 186 g/mol. The Morgan fingerprint density at radius 2 is 2.08 bits per heavy atom. The lowest BCUT2D eigenvalue weighted by molar-refractivity contribution is 0.241. The molecule has 3 heteroatoms. The second kappa shape index (κ2) is 3.81. The van der Waals surface area contributed by atoms with Crippen LogP contribution in [0.1, 0.15) is 13.8 Å². The average Bonchev–Trinajstić information content (AvgIpc) is 1.96. The van der Waals surface area contributed by atoms with Crippen molar-refractivity contribution in [2.24, 2.45) is 0 Å². The lowest BCUT2D eigenvalue weighted by atomic mass is 10.3. The molecule has 0 atom stereocenters. The van der Waals surface area contributed by atoms with Crippen LogP contribution in [0.15, 0.2) is 23.1 Å². The molecular formula is C9H11FOS. The van der Waals surface area contributed by atoms with Crippen LogP contribution in [0.2, 0.25) is 0 Å². The Hall–Kier alpha value is -0.700. The normalized spacial score (nSPS) is 10.4. The third kappa shape index (κ3) is 2.41. The van der Waals surface area contributed by atoms with E-state index >= 15 is 0 Å². The second-order valence-electron chi connectivity index (χ2n) is 2.78. The van der Waals surface area contributed by atoms with E-state index in [9.17, 15) is 4.39 Å². The highest BCUT2D eigenvalue weighted by molar-refractivity contribution is 7.80. The van der Waals surface area contributed by atoms with E-state index in [-0.39, 0.29) is 11.9 Å². The van der Waals surface area contributed by atoms with Crippen molar-refractivity contribution in [2.45, 2.75) is 24.8 Å². The maximum atomic E-state index is 12.9. The Labute approximate surface area is 77.0 Å². The van der Waals surface area contributed by atoms with Gasteiger partial charge in [0.05, 0.1) is 6.10 Å². The van der Waals surface area contributed by atoms with E-state index < -0.39 is 0 Å². The Kier molecular flexibility index (Phi) is 2.98. The van der Waals surface area contributed by atoms with Gasteiger partial charge in [-0.15, -0.1) is 12.6 Å². The van der Waals surface area contributed by atoms with Crippen molar-refractivity contribution in [2.75, 3.05) is 0 Å². The smallest absolute Gasteiger partial charge is 0.140 e. The Balaban J connectivity index is 2.82. The largest absolute Gasteiger partial charge is 0.491 e. The second-order valence-corrected chi connectivity index (χ2v) is 3.26. The summed E-state index contributed by atoms with van der Waals surface area (Å²) in [6.45, 7) is 3.79. The van der Waals surface area contributed by atoms with Gasteiger partial charge in [-0.1, -0.05) is 0 Å². The molecule has 0 unspecified atom stereocenters. The third-order valence-electron chi connectivity index (χ3n) is 1.29. The standard InChI is InChI=1S/C9H11FOS/c1-6(2)11-7-3-4-9(12)8(10)5-7/h3-6,12H,1-2H3. The molecule has 1 aromatic rings. The molecule has 1 nitrogen and oxygen atoms in total. The molecule has 0 bridgehead atoms. The SMILES string of the molecule is CC(C)Oc1ccc(S)c(F)c1. The highest BCUT2D eigenvalue weighted by Gasteiger charge is 2.01. The molecule has 0 N–H and O–H groups in total. The summed E-state index contributed by atoms with van der Waals surface area (Å²) >= 11 is 3.91. The van der Waals surface area contributed by atoms with Gasteiger partial charge < -0.3 is 4.74 Å². The van der Waals surface area contributed by atoms with Crippen LogP contribution in [0.3, 0.4) is 0 Å². The van der Waals surface area contributed by atoms with Gasteiger partial charge in [-0.3, -0.25) is 0 Å². The Morgan fingerprint density at radius 1 is 1.42 bits per heavy atom. The van der Waals surface area contributed by atoms with Crippen LogP contribution < -0.4 is 4.74 Å². The van der Waals surface area contributed by atoms with Crippen LogP contribution in [0, 0.1) is 5.82 Å². The molecule has 0 heterocycles. The van der Waals surface area contributed by atoms with Crippen LogP contribution in [-0.4, -0.2) is 6.10 Å². The number of hydrogen-bond donors (Lipinski definition) is 1. The molecule has 0 aliphatic heterocycles. The van der Waals surface area contributed by atoms with E-state index in [4.69, 9.17) is 4.74 Å². The zero-order valence-corrected chi connectivity index (χ0v) is 7.94. The van der Waals surface area contributed by atoms with Gasteiger partial charge in [0.25, 0.3) is 0 Å². The first-order valence-electron chi connectivity index (χ1n) is 3.75. The van der Waals surface area contributed by atoms with E-state index in [1.165, 1.54) is 6.07 Å². The molecule has 1 aromatic carbocycles. The summed E-state index contributed by atoms with van der Waals surface area (Å²) in [7, 11) is 0. The van der Waals surface area contributed by atoms with Gasteiger partial charge in [-0.2, -0.15) is 0 Å². The van der Waals surface area contributed by atoms with Crippen LogP contribution in [0.25, 0.3) is 0 Å². The monoisotopic (exact) mass is 186 g/mol. The van der Waals surface area contributed by atoms with Gasteiger partial charge in [-0.05, 0) is 26.0 Å². The molecule has 0 saturated heterocycles. The number of benzene rings is 1. The van der Waals surface area contributed by atoms with Gasteiger partial charge in [0.2, 0.25) is 0 Å². The van der Waals surface area contributed by atoms with E-state index in [2.05, 4.69) is 12.6 Å². The molecule has 0 aromatic heterocycles. The maximum Gasteiger partial charge on any atom is 0.140 e. The fraction of sp³-hybridized carbons (Fsp3) is 0.333. The van der Waals surface area contributed by atoms with Crippen molar-refractivity contribution in [1.82, 2.24) is 0 Å². The van der Waals surface area contributed by atoms with Crippen molar-refractivity contribution < 1.29 is 9.13 Å². The van der Waals surface area contributed by atoms with Crippen LogP contribution in [0.4, 0.5) is 4.39 Å². The zero-order chi connectivity index (χ0) is 9.14. The molecule has 0 fully saturated rings. The first-order chi connectivity index (χ1) is 5.59. The molecule has 66 valence electrons. The number of thiol groups is 1. The zero-order valence-electron chi connectivity index (χ0n) is 7.04. The molecule has 0 aliphatic rings. The number of halogens is 1. The van der Waals surface area contributed by atoms with E-state index in [0.29, 0.717) is 10.6 Å². The topological polar surface area (TPSA) is 9.23 Å². The van der Waals surface area contributed by atoms with Crippen molar-refractivity contribution in [3.8, 4) is 5.75 Å². The molecule has 0 amide bonds. The molecule has 0 radical (unpaired) electrons. The highest BCUT2D eigenvalue weighted by Crippen LogP contribution is 2.19. The maximum absolute atomic E-state index is 12.9. The fourth-order valence-corrected chi connectivity index (χ4v) is 0.972. The van der Waals surface area contributed by atoms with Crippen molar-refractivity contribution in [3.05, 3.63) is 24.0 Å². The van der Waals surface area contributed by atoms with Gasteiger partial charge in [0.1, 0.15) is 11.6 Å². The minimum absolute atomic E-state index is 0.0650. The van der Waals surface area contributed by atoms with Crippen molar-refractivity contribution in [1.29, 1.82) is 0 Å². The van der Waals surface area contributed by atoms with Gasteiger partial charge >= 0.3 is 0 Å². The lowest BCUT2D eigenvalue weighted by Crippen LogP contribution is -2.05. The quantitative estimate of drug-likeness (QED) is 0.699. The van der Waals surface area contributed by atoms with Gasteiger partial charge in [0.15, 0.2) is 0 Å². The number of hydrogen-bond acceptors (Lipinski definition) is 2. The van der Waals surface area contributed by atoms with Gasteiger partial charge in [0, 0.05) is 11.0 Å². The molecule has 0 spiro atoms. The molecular weight excluding hydrogens is 175 g/mol.